The molecule has 1 fully saturated rings. The second-order valence-electron chi connectivity index (χ2n) is 5.60. The number of rotatable bonds is 4. The largest absolute Gasteiger partial charge is 0.423 e. The zero-order chi connectivity index (χ0) is 18.0. The molecular formula is C17H15F2NO4S. The third-order valence-electron chi connectivity index (χ3n) is 3.87. The maximum Gasteiger partial charge on any atom is 0.343 e. The average Bonchev–Trinajstić information content (AvgIpc) is 3.14. The van der Waals surface area contributed by atoms with Crippen molar-refractivity contribution >= 4 is 16.0 Å². The van der Waals surface area contributed by atoms with E-state index in [9.17, 15) is 22.0 Å². The van der Waals surface area contributed by atoms with Gasteiger partial charge in [0.25, 0.3) is 0 Å². The minimum absolute atomic E-state index is 0.00463. The zero-order valence-corrected chi connectivity index (χ0v) is 13.9. The number of halogens is 2. The molecular weight excluding hydrogens is 352 g/mol. The summed E-state index contributed by atoms with van der Waals surface area (Å²) >= 11 is 0. The average molecular weight is 367 g/mol. The van der Waals surface area contributed by atoms with E-state index >= 15 is 0 Å². The molecule has 0 aliphatic carbocycles. The lowest BCUT2D eigenvalue weighted by atomic mass is 10.2. The Morgan fingerprint density at radius 1 is 1.00 bits per heavy atom. The van der Waals surface area contributed by atoms with Crippen LogP contribution in [-0.2, 0) is 10.0 Å². The number of hydrogen-bond donors (Lipinski definition) is 0. The Morgan fingerprint density at radius 3 is 2.40 bits per heavy atom. The lowest BCUT2D eigenvalue weighted by Gasteiger charge is -2.15. The van der Waals surface area contributed by atoms with Crippen LogP contribution in [0.3, 0.4) is 0 Å². The van der Waals surface area contributed by atoms with Crippen molar-refractivity contribution in [2.24, 2.45) is 0 Å². The predicted octanol–water partition coefficient (Wildman–Crippen LogP) is 2.97. The van der Waals surface area contributed by atoms with Gasteiger partial charge >= 0.3 is 5.97 Å². The van der Waals surface area contributed by atoms with Gasteiger partial charge in [0.05, 0.1) is 10.5 Å². The van der Waals surface area contributed by atoms with Crippen molar-refractivity contribution in [1.29, 1.82) is 0 Å². The van der Waals surface area contributed by atoms with E-state index in [4.69, 9.17) is 4.74 Å². The number of benzene rings is 2. The second-order valence-corrected chi connectivity index (χ2v) is 7.54. The van der Waals surface area contributed by atoms with Gasteiger partial charge in [-0.3, -0.25) is 0 Å². The minimum Gasteiger partial charge on any atom is -0.423 e. The van der Waals surface area contributed by atoms with Crippen LogP contribution in [0.1, 0.15) is 23.2 Å². The van der Waals surface area contributed by atoms with Gasteiger partial charge < -0.3 is 4.74 Å². The molecule has 0 N–H and O–H groups in total. The Hall–Kier alpha value is -2.32. The molecule has 132 valence electrons. The molecule has 1 saturated heterocycles. The monoisotopic (exact) mass is 367 g/mol. The summed E-state index contributed by atoms with van der Waals surface area (Å²) in [7, 11) is -3.66. The first kappa shape index (κ1) is 17.5. The van der Waals surface area contributed by atoms with Gasteiger partial charge in [0.2, 0.25) is 10.0 Å². The summed E-state index contributed by atoms with van der Waals surface area (Å²) in [4.78, 5) is 12.2. The quantitative estimate of drug-likeness (QED) is 0.616. The van der Waals surface area contributed by atoms with Gasteiger partial charge in [0.15, 0.2) is 11.6 Å². The van der Waals surface area contributed by atoms with E-state index < -0.39 is 27.6 Å². The molecule has 0 aromatic heterocycles. The van der Waals surface area contributed by atoms with Gasteiger partial charge in [-0.15, -0.1) is 0 Å². The van der Waals surface area contributed by atoms with E-state index in [1.165, 1.54) is 28.6 Å². The predicted molar refractivity (Wildman–Crippen MR) is 85.8 cm³/mol. The molecule has 3 rings (SSSR count). The third kappa shape index (κ3) is 3.69. The SMILES string of the molecule is O=C(Oc1ccc(F)c(F)c1)c1cccc(S(=O)(=O)N2CCCC2)c1. The first-order chi connectivity index (χ1) is 11.9. The van der Waals surface area contributed by atoms with Crippen LogP contribution in [-0.4, -0.2) is 31.8 Å². The maximum atomic E-state index is 13.2. The molecule has 5 nitrogen and oxygen atoms in total. The summed E-state index contributed by atoms with van der Waals surface area (Å²) in [5.74, 6) is -3.23. The first-order valence-electron chi connectivity index (χ1n) is 7.65. The van der Waals surface area contributed by atoms with Gasteiger partial charge in [0, 0.05) is 19.2 Å². The number of carbonyl (C=O) groups is 1. The fourth-order valence-corrected chi connectivity index (χ4v) is 4.13. The van der Waals surface area contributed by atoms with Crippen LogP contribution in [0.2, 0.25) is 0 Å². The maximum absolute atomic E-state index is 13.2. The molecule has 2 aromatic carbocycles. The molecule has 0 atom stereocenters. The van der Waals surface area contributed by atoms with Gasteiger partial charge in [-0.25, -0.2) is 22.0 Å². The van der Waals surface area contributed by atoms with E-state index in [-0.39, 0.29) is 16.2 Å². The minimum atomic E-state index is -3.66. The highest BCUT2D eigenvalue weighted by atomic mass is 32.2. The number of ether oxygens (including phenoxy) is 1. The van der Waals surface area contributed by atoms with Crippen LogP contribution in [0.5, 0.6) is 5.75 Å². The molecule has 0 spiro atoms. The van der Waals surface area contributed by atoms with Crippen LogP contribution in [0, 0.1) is 11.6 Å². The number of nitrogens with zero attached hydrogens (tertiary/aromatic N) is 1. The second kappa shape index (κ2) is 6.89. The van der Waals surface area contributed by atoms with Crippen molar-refractivity contribution in [1.82, 2.24) is 4.31 Å². The molecule has 0 unspecified atom stereocenters. The first-order valence-corrected chi connectivity index (χ1v) is 9.09. The molecule has 2 aromatic rings. The standard InChI is InChI=1S/C17H15F2NO4S/c18-15-7-6-13(11-16(15)19)24-17(21)12-4-3-5-14(10-12)25(22,23)20-8-1-2-9-20/h3-7,10-11H,1-2,8-9H2. The van der Waals surface area contributed by atoms with Gasteiger partial charge in [0.1, 0.15) is 5.75 Å². The molecule has 0 amide bonds. The molecule has 8 heteroatoms. The van der Waals surface area contributed by atoms with E-state index in [0.717, 1.165) is 31.0 Å². The lowest BCUT2D eigenvalue weighted by Crippen LogP contribution is -2.28. The van der Waals surface area contributed by atoms with Crippen LogP contribution in [0.15, 0.2) is 47.4 Å². The third-order valence-corrected chi connectivity index (χ3v) is 5.77. The van der Waals surface area contributed by atoms with Crippen LogP contribution in [0.25, 0.3) is 0 Å². The summed E-state index contributed by atoms with van der Waals surface area (Å²) < 4.78 is 57.5. The Kier molecular flexibility index (Phi) is 4.82. The number of esters is 1. The van der Waals surface area contributed by atoms with Gasteiger partial charge in [-0.1, -0.05) is 6.07 Å². The normalized spacial score (nSPS) is 15.3. The molecule has 0 radical (unpaired) electrons. The molecule has 0 saturated carbocycles. The summed E-state index contributed by atoms with van der Waals surface area (Å²) in [6.07, 6.45) is 1.61. The molecule has 1 aliphatic rings. The number of sulfonamides is 1. The Balaban J connectivity index is 1.83. The zero-order valence-electron chi connectivity index (χ0n) is 13.1. The van der Waals surface area contributed by atoms with Crippen molar-refractivity contribution in [3.8, 4) is 5.75 Å². The van der Waals surface area contributed by atoms with Gasteiger partial charge in [-0.2, -0.15) is 4.31 Å². The topological polar surface area (TPSA) is 63.7 Å². The van der Waals surface area contributed by atoms with Crippen molar-refractivity contribution in [3.05, 3.63) is 59.7 Å². The molecule has 1 aliphatic heterocycles. The number of hydrogen-bond acceptors (Lipinski definition) is 4. The van der Waals surface area contributed by atoms with E-state index in [1.807, 2.05) is 0 Å². The smallest absolute Gasteiger partial charge is 0.343 e. The van der Waals surface area contributed by atoms with Crippen LogP contribution >= 0.6 is 0 Å². The van der Waals surface area contributed by atoms with E-state index in [2.05, 4.69) is 0 Å². The summed E-state index contributed by atoms with van der Waals surface area (Å²) in [6, 6.07) is 8.15. The van der Waals surface area contributed by atoms with E-state index in [0.29, 0.717) is 13.1 Å². The summed E-state index contributed by atoms with van der Waals surface area (Å²) in [6.45, 7) is 0.901. The molecule has 1 heterocycles. The summed E-state index contributed by atoms with van der Waals surface area (Å²) in [5, 5.41) is 0. The van der Waals surface area contributed by atoms with Gasteiger partial charge in [-0.05, 0) is 43.2 Å². The van der Waals surface area contributed by atoms with Crippen LogP contribution in [0.4, 0.5) is 8.78 Å². The van der Waals surface area contributed by atoms with Crippen LogP contribution < -0.4 is 4.74 Å². The lowest BCUT2D eigenvalue weighted by molar-refractivity contribution is 0.0734. The van der Waals surface area contributed by atoms with Crippen molar-refractivity contribution in [2.75, 3.05) is 13.1 Å². The molecule has 25 heavy (non-hydrogen) atoms. The fraction of sp³-hybridized carbons (Fsp3) is 0.235. The number of carbonyl (C=O) groups excluding carboxylic acids is 1. The Labute approximate surface area is 143 Å². The highest BCUT2D eigenvalue weighted by molar-refractivity contribution is 7.89. The summed E-state index contributed by atoms with van der Waals surface area (Å²) in [5.41, 5.74) is 0.00463. The Morgan fingerprint density at radius 2 is 1.72 bits per heavy atom. The van der Waals surface area contributed by atoms with Crippen molar-refractivity contribution < 1.29 is 26.7 Å². The van der Waals surface area contributed by atoms with E-state index in [1.54, 1.807) is 0 Å². The van der Waals surface area contributed by atoms with Crippen molar-refractivity contribution in [3.63, 3.8) is 0 Å². The highest BCUT2D eigenvalue weighted by Gasteiger charge is 2.27. The van der Waals surface area contributed by atoms with Crippen molar-refractivity contribution in [2.45, 2.75) is 17.7 Å². The fourth-order valence-electron chi connectivity index (χ4n) is 2.57. The molecule has 0 bridgehead atoms. The Bertz CT molecular complexity index is 909. The highest BCUT2D eigenvalue weighted by Crippen LogP contribution is 2.22.